The molecule has 1 aliphatic carbocycles. The van der Waals surface area contributed by atoms with Crippen LogP contribution in [0.4, 0.5) is 5.00 Å². The van der Waals surface area contributed by atoms with Gasteiger partial charge in [0.25, 0.3) is 5.91 Å². The Morgan fingerprint density at radius 3 is 2.73 bits per heavy atom. The Balaban J connectivity index is 1.64. The molecule has 0 aliphatic heterocycles. The van der Waals surface area contributed by atoms with Gasteiger partial charge >= 0.3 is 0 Å². The van der Waals surface area contributed by atoms with Gasteiger partial charge < -0.3 is 9.73 Å². The van der Waals surface area contributed by atoms with E-state index < -0.39 is 0 Å². The van der Waals surface area contributed by atoms with Crippen molar-refractivity contribution < 1.29 is 9.21 Å². The minimum absolute atomic E-state index is 0.0710. The summed E-state index contributed by atoms with van der Waals surface area (Å²) in [5.74, 6) is 1.29. The van der Waals surface area contributed by atoms with Crippen LogP contribution in [0.3, 0.4) is 0 Å². The summed E-state index contributed by atoms with van der Waals surface area (Å²) in [4.78, 5) is 19.2. The number of aliphatic imine (C=N–C) groups is 1. The molecule has 1 aliphatic rings. The third kappa shape index (κ3) is 4.57. The van der Waals surface area contributed by atoms with Gasteiger partial charge in [-0.15, -0.1) is 11.3 Å². The van der Waals surface area contributed by atoms with Crippen LogP contribution in [0, 0.1) is 11.3 Å². The number of nitrogens with zero attached hydrogens (tertiary/aromatic N) is 1. The number of hydrogen-bond acceptors (Lipinski definition) is 4. The maximum Gasteiger partial charge on any atom is 0.255 e. The van der Waals surface area contributed by atoms with Crippen LogP contribution in [0.25, 0.3) is 0 Å². The van der Waals surface area contributed by atoms with Crippen LogP contribution in [0.1, 0.15) is 59.3 Å². The first-order chi connectivity index (χ1) is 14.4. The second-order valence-electron chi connectivity index (χ2n) is 8.92. The molecule has 0 fully saturated rings. The number of carbonyl (C=O) groups is 1. The van der Waals surface area contributed by atoms with Gasteiger partial charge in [0.15, 0.2) is 0 Å². The van der Waals surface area contributed by atoms with Gasteiger partial charge in [-0.2, -0.15) is 0 Å². The maximum atomic E-state index is 13.2. The molecule has 1 N–H and O–H groups in total. The van der Waals surface area contributed by atoms with Crippen molar-refractivity contribution in [3.05, 3.63) is 76.1 Å². The molecule has 4 rings (SSSR count). The highest BCUT2D eigenvalue weighted by Crippen LogP contribution is 2.45. The maximum absolute atomic E-state index is 13.2. The molecule has 1 amide bonds. The van der Waals surface area contributed by atoms with E-state index in [4.69, 9.17) is 9.41 Å². The molecule has 1 atom stereocenters. The SMILES string of the molecule is CC(C)(C)[C@H]1CCc2c(sc(N=Cc3ccccc3)c2C(=O)NCc2ccco2)C1. The molecular formula is C25H28N2O2S. The molecule has 156 valence electrons. The molecule has 30 heavy (non-hydrogen) atoms. The predicted molar refractivity (Wildman–Crippen MR) is 123 cm³/mol. The van der Waals surface area contributed by atoms with Crippen molar-refractivity contribution >= 4 is 28.5 Å². The average Bonchev–Trinajstić information content (AvgIpc) is 3.37. The quantitative estimate of drug-likeness (QED) is 0.502. The van der Waals surface area contributed by atoms with Crippen molar-refractivity contribution in [3.63, 3.8) is 0 Å². The Hall–Kier alpha value is -2.66. The number of thiophene rings is 1. The summed E-state index contributed by atoms with van der Waals surface area (Å²) in [6.07, 6.45) is 6.52. The zero-order valence-electron chi connectivity index (χ0n) is 17.8. The summed E-state index contributed by atoms with van der Waals surface area (Å²) in [5, 5.41) is 3.82. The normalized spacial score (nSPS) is 16.6. The number of nitrogens with one attached hydrogen (secondary N) is 1. The first-order valence-electron chi connectivity index (χ1n) is 10.5. The number of benzene rings is 1. The fourth-order valence-corrected chi connectivity index (χ4v) is 5.25. The molecule has 0 unspecified atom stereocenters. The van der Waals surface area contributed by atoms with E-state index in [9.17, 15) is 4.79 Å². The van der Waals surface area contributed by atoms with Gasteiger partial charge in [-0.1, -0.05) is 51.1 Å². The lowest BCUT2D eigenvalue weighted by Crippen LogP contribution is -2.28. The Kier molecular flexibility index (Phi) is 5.91. The van der Waals surface area contributed by atoms with Crippen LogP contribution in [0.5, 0.6) is 0 Å². The van der Waals surface area contributed by atoms with Gasteiger partial charge in [0.2, 0.25) is 0 Å². The first kappa shape index (κ1) is 20.6. The van der Waals surface area contributed by atoms with Crippen LogP contribution < -0.4 is 5.32 Å². The topological polar surface area (TPSA) is 54.6 Å². The smallest absolute Gasteiger partial charge is 0.255 e. The average molecular weight is 421 g/mol. The van der Waals surface area contributed by atoms with Crippen molar-refractivity contribution in [2.45, 2.75) is 46.6 Å². The second kappa shape index (κ2) is 8.60. The van der Waals surface area contributed by atoms with Crippen LogP contribution in [-0.2, 0) is 19.4 Å². The molecule has 2 heterocycles. The Labute approximate surface area is 182 Å². The molecule has 0 saturated carbocycles. The van der Waals surface area contributed by atoms with Crippen molar-refractivity contribution in [3.8, 4) is 0 Å². The number of rotatable bonds is 5. The summed E-state index contributed by atoms with van der Waals surface area (Å²) < 4.78 is 5.36. The van der Waals surface area contributed by atoms with Crippen LogP contribution >= 0.6 is 11.3 Å². The molecule has 0 saturated heterocycles. The van der Waals surface area contributed by atoms with E-state index in [1.165, 1.54) is 10.4 Å². The van der Waals surface area contributed by atoms with E-state index in [0.717, 1.165) is 41.2 Å². The number of furan rings is 1. The largest absolute Gasteiger partial charge is 0.467 e. The van der Waals surface area contributed by atoms with Gasteiger partial charge in [0, 0.05) is 11.1 Å². The highest BCUT2D eigenvalue weighted by molar-refractivity contribution is 7.16. The number of amides is 1. The lowest BCUT2D eigenvalue weighted by molar-refractivity contribution is 0.0947. The van der Waals surface area contributed by atoms with Gasteiger partial charge in [0.1, 0.15) is 10.8 Å². The predicted octanol–water partition coefficient (Wildman–Crippen LogP) is 6.17. The first-order valence-corrected chi connectivity index (χ1v) is 11.3. The van der Waals surface area contributed by atoms with Crippen molar-refractivity contribution in [2.75, 3.05) is 0 Å². The van der Waals surface area contributed by atoms with Crippen LogP contribution in [0.15, 0.2) is 58.1 Å². The van der Waals surface area contributed by atoms with E-state index in [1.54, 1.807) is 17.6 Å². The Morgan fingerprint density at radius 2 is 2.03 bits per heavy atom. The summed E-state index contributed by atoms with van der Waals surface area (Å²) in [5.41, 5.74) is 3.20. The van der Waals surface area contributed by atoms with E-state index in [-0.39, 0.29) is 11.3 Å². The third-order valence-electron chi connectivity index (χ3n) is 5.83. The molecular weight excluding hydrogens is 392 g/mol. The molecule has 4 nitrogen and oxygen atoms in total. The van der Waals surface area contributed by atoms with Gasteiger partial charge in [0.05, 0.1) is 18.4 Å². The Bertz CT molecular complexity index is 1030. The van der Waals surface area contributed by atoms with Gasteiger partial charge in [-0.3, -0.25) is 4.79 Å². The van der Waals surface area contributed by atoms with Crippen LogP contribution in [0.2, 0.25) is 0 Å². The molecule has 5 heteroatoms. The summed E-state index contributed by atoms with van der Waals surface area (Å²) in [7, 11) is 0. The standard InChI is InChI=1S/C25H28N2O2S/c1-25(2,3)18-11-12-20-21(14-18)30-24(27-15-17-8-5-4-6-9-17)22(20)23(28)26-16-19-10-7-13-29-19/h4-10,13,15,18H,11-12,14,16H2,1-3H3,(H,26,28)/t18-/m0/s1. The molecule has 0 spiro atoms. The Morgan fingerprint density at radius 1 is 1.23 bits per heavy atom. The zero-order chi connectivity index (χ0) is 21.1. The fraction of sp³-hybridized carbons (Fsp3) is 0.360. The highest BCUT2D eigenvalue weighted by Gasteiger charge is 2.33. The molecule has 2 aromatic heterocycles. The summed E-state index contributed by atoms with van der Waals surface area (Å²) in [6.45, 7) is 7.30. The highest BCUT2D eigenvalue weighted by atomic mass is 32.1. The van der Waals surface area contributed by atoms with Crippen LogP contribution in [-0.4, -0.2) is 12.1 Å². The zero-order valence-corrected chi connectivity index (χ0v) is 18.6. The van der Waals surface area contributed by atoms with Gasteiger partial charge in [-0.05, 0) is 53.9 Å². The summed E-state index contributed by atoms with van der Waals surface area (Å²) >= 11 is 1.67. The lowest BCUT2D eigenvalue weighted by atomic mass is 9.72. The van der Waals surface area contributed by atoms with Gasteiger partial charge in [-0.25, -0.2) is 4.99 Å². The minimum Gasteiger partial charge on any atom is -0.467 e. The lowest BCUT2D eigenvalue weighted by Gasteiger charge is -2.33. The molecule has 0 bridgehead atoms. The van der Waals surface area contributed by atoms with E-state index in [1.807, 2.05) is 48.7 Å². The molecule has 3 aromatic rings. The fourth-order valence-electron chi connectivity index (χ4n) is 3.98. The number of fused-ring (bicyclic) bond motifs is 1. The van der Waals surface area contributed by atoms with Crippen molar-refractivity contribution in [1.29, 1.82) is 0 Å². The molecule has 0 radical (unpaired) electrons. The number of carbonyl (C=O) groups excluding carboxylic acids is 1. The van der Waals surface area contributed by atoms with E-state index >= 15 is 0 Å². The van der Waals surface area contributed by atoms with E-state index in [2.05, 4.69) is 26.1 Å². The van der Waals surface area contributed by atoms with E-state index in [0.29, 0.717) is 12.5 Å². The second-order valence-corrected chi connectivity index (χ2v) is 10.0. The summed E-state index contributed by atoms with van der Waals surface area (Å²) in [6, 6.07) is 13.7. The molecule has 1 aromatic carbocycles. The number of hydrogen-bond donors (Lipinski definition) is 1. The third-order valence-corrected chi connectivity index (χ3v) is 6.99. The minimum atomic E-state index is -0.0710. The monoisotopic (exact) mass is 420 g/mol. The van der Waals surface area contributed by atoms with Crippen molar-refractivity contribution in [2.24, 2.45) is 16.3 Å². The van der Waals surface area contributed by atoms with Crippen molar-refractivity contribution in [1.82, 2.24) is 5.32 Å².